The largest absolute Gasteiger partial charge is 0.497 e. The second kappa shape index (κ2) is 7.18. The van der Waals surface area contributed by atoms with E-state index in [2.05, 4.69) is 5.32 Å². The van der Waals surface area contributed by atoms with Gasteiger partial charge >= 0.3 is 0 Å². The lowest BCUT2D eigenvalue weighted by molar-refractivity contribution is 0.403. The number of sulfone groups is 1. The standard InChI is InChI=1S/C20H25NO3S/c1-21-14-13-20(25(22,23)18-8-4-3-5-9-18)12-6-7-16-10-11-17(24-2)15-19(16)20/h3-5,8-11,15,21H,6-7,12-14H2,1-2H3. The molecule has 1 aliphatic carbocycles. The molecule has 0 heterocycles. The molecule has 0 radical (unpaired) electrons. The summed E-state index contributed by atoms with van der Waals surface area (Å²) in [6.07, 6.45) is 2.95. The fraction of sp³-hybridized carbons (Fsp3) is 0.400. The van der Waals surface area contributed by atoms with Crippen LogP contribution in [0.5, 0.6) is 5.75 Å². The fourth-order valence-corrected chi connectivity index (χ4v) is 6.08. The maximum atomic E-state index is 13.7. The Kier molecular flexibility index (Phi) is 5.16. The first-order chi connectivity index (χ1) is 12.0. The highest BCUT2D eigenvalue weighted by molar-refractivity contribution is 7.92. The third-order valence-corrected chi connectivity index (χ3v) is 7.73. The van der Waals surface area contributed by atoms with E-state index in [1.54, 1.807) is 31.4 Å². The highest BCUT2D eigenvalue weighted by Crippen LogP contribution is 2.47. The van der Waals surface area contributed by atoms with Crippen LogP contribution in [-0.2, 0) is 21.0 Å². The number of rotatable bonds is 6. The van der Waals surface area contributed by atoms with Gasteiger partial charge in [0.1, 0.15) is 10.5 Å². The third kappa shape index (κ3) is 3.07. The van der Waals surface area contributed by atoms with Crippen LogP contribution in [0.25, 0.3) is 0 Å². The quantitative estimate of drug-likeness (QED) is 0.860. The Balaban J connectivity index is 2.23. The van der Waals surface area contributed by atoms with Crippen LogP contribution in [0.4, 0.5) is 0 Å². The van der Waals surface area contributed by atoms with Crippen LogP contribution in [0.1, 0.15) is 30.4 Å². The van der Waals surface area contributed by atoms with E-state index >= 15 is 0 Å². The van der Waals surface area contributed by atoms with Gasteiger partial charge in [-0.2, -0.15) is 0 Å². The maximum Gasteiger partial charge on any atom is 0.188 e. The van der Waals surface area contributed by atoms with Gasteiger partial charge in [0.15, 0.2) is 9.84 Å². The number of aryl methyl sites for hydroxylation is 1. The molecule has 0 saturated heterocycles. The SMILES string of the molecule is CNCCC1(S(=O)(=O)c2ccccc2)CCCc2ccc(OC)cc21. The number of hydrogen-bond donors (Lipinski definition) is 1. The van der Waals surface area contributed by atoms with E-state index in [9.17, 15) is 8.42 Å². The summed E-state index contributed by atoms with van der Waals surface area (Å²) >= 11 is 0. The van der Waals surface area contributed by atoms with Crippen molar-refractivity contribution in [2.45, 2.75) is 35.3 Å². The second-order valence-electron chi connectivity index (χ2n) is 6.54. The molecule has 0 aromatic heterocycles. The lowest BCUT2D eigenvalue weighted by atomic mass is 9.80. The topological polar surface area (TPSA) is 55.4 Å². The molecule has 0 fully saturated rings. The maximum absolute atomic E-state index is 13.7. The van der Waals surface area contributed by atoms with Crippen molar-refractivity contribution in [3.8, 4) is 5.75 Å². The minimum Gasteiger partial charge on any atom is -0.497 e. The van der Waals surface area contributed by atoms with Gasteiger partial charge in [0.05, 0.1) is 12.0 Å². The third-order valence-electron chi connectivity index (χ3n) is 5.18. The lowest BCUT2D eigenvalue weighted by Gasteiger charge is -2.39. The Hall–Kier alpha value is -1.85. The molecule has 1 atom stereocenters. The summed E-state index contributed by atoms with van der Waals surface area (Å²) in [6, 6.07) is 14.7. The normalized spacial score (nSPS) is 20.1. The Bertz CT molecular complexity index is 833. The Morgan fingerprint density at radius 3 is 2.60 bits per heavy atom. The van der Waals surface area contributed by atoms with E-state index in [4.69, 9.17) is 4.74 Å². The van der Waals surface area contributed by atoms with Gasteiger partial charge in [-0.25, -0.2) is 8.42 Å². The molecule has 0 spiro atoms. The molecule has 5 heteroatoms. The zero-order chi connectivity index (χ0) is 17.9. The highest BCUT2D eigenvalue weighted by Gasteiger charge is 2.48. The van der Waals surface area contributed by atoms with Crippen LogP contribution in [-0.4, -0.2) is 29.1 Å². The smallest absolute Gasteiger partial charge is 0.188 e. The van der Waals surface area contributed by atoms with Gasteiger partial charge in [0.25, 0.3) is 0 Å². The summed E-state index contributed by atoms with van der Waals surface area (Å²) in [6.45, 7) is 0.642. The average molecular weight is 359 g/mol. The molecule has 0 bridgehead atoms. The number of nitrogens with one attached hydrogen (secondary N) is 1. The van der Waals surface area contributed by atoms with Crippen molar-refractivity contribution >= 4 is 9.84 Å². The monoisotopic (exact) mass is 359 g/mol. The number of methoxy groups -OCH3 is 1. The molecular weight excluding hydrogens is 334 g/mol. The molecule has 2 aromatic rings. The highest BCUT2D eigenvalue weighted by atomic mass is 32.2. The molecule has 1 unspecified atom stereocenters. The molecule has 0 amide bonds. The van der Waals surface area contributed by atoms with Crippen LogP contribution >= 0.6 is 0 Å². The van der Waals surface area contributed by atoms with Gasteiger partial charge in [-0.05, 0) is 74.7 Å². The van der Waals surface area contributed by atoms with E-state index in [1.165, 1.54) is 0 Å². The van der Waals surface area contributed by atoms with Gasteiger partial charge < -0.3 is 10.1 Å². The number of benzene rings is 2. The zero-order valence-electron chi connectivity index (χ0n) is 14.8. The predicted molar refractivity (Wildman–Crippen MR) is 99.8 cm³/mol. The van der Waals surface area contributed by atoms with E-state index in [-0.39, 0.29) is 0 Å². The van der Waals surface area contributed by atoms with E-state index in [0.29, 0.717) is 30.0 Å². The molecular formula is C20H25NO3S. The first kappa shape index (κ1) is 18.0. The van der Waals surface area contributed by atoms with Gasteiger partial charge in [-0.3, -0.25) is 0 Å². The molecule has 3 rings (SSSR count). The Morgan fingerprint density at radius 1 is 1.16 bits per heavy atom. The van der Waals surface area contributed by atoms with Crippen molar-refractivity contribution in [2.24, 2.45) is 0 Å². The fourth-order valence-electron chi connectivity index (χ4n) is 3.85. The molecule has 4 nitrogen and oxygen atoms in total. The minimum absolute atomic E-state index is 0.391. The summed E-state index contributed by atoms with van der Waals surface area (Å²) in [5, 5.41) is 3.13. The van der Waals surface area contributed by atoms with Crippen LogP contribution < -0.4 is 10.1 Å². The summed E-state index contributed by atoms with van der Waals surface area (Å²) < 4.78 is 31.9. The predicted octanol–water partition coefficient (Wildman–Crippen LogP) is 3.31. The van der Waals surface area contributed by atoms with Gasteiger partial charge in [-0.1, -0.05) is 24.3 Å². The summed E-state index contributed by atoms with van der Waals surface area (Å²) in [7, 11) is -0.0540. The van der Waals surface area contributed by atoms with Crippen molar-refractivity contribution in [3.63, 3.8) is 0 Å². The summed E-state index contributed by atoms with van der Waals surface area (Å²) in [4.78, 5) is 0.391. The first-order valence-corrected chi connectivity index (χ1v) is 10.2. The van der Waals surface area contributed by atoms with E-state index in [1.807, 2.05) is 31.3 Å². The average Bonchev–Trinajstić information content (AvgIpc) is 2.66. The molecule has 0 aliphatic heterocycles. The molecule has 1 N–H and O–H groups in total. The van der Waals surface area contributed by atoms with Crippen molar-refractivity contribution < 1.29 is 13.2 Å². The summed E-state index contributed by atoms with van der Waals surface area (Å²) in [5.41, 5.74) is 2.01. The number of hydrogen-bond acceptors (Lipinski definition) is 4. The van der Waals surface area contributed by atoms with Gasteiger partial charge in [0, 0.05) is 0 Å². The minimum atomic E-state index is -3.53. The van der Waals surface area contributed by atoms with Crippen molar-refractivity contribution in [2.75, 3.05) is 20.7 Å². The first-order valence-electron chi connectivity index (χ1n) is 8.67. The second-order valence-corrected chi connectivity index (χ2v) is 8.80. The zero-order valence-corrected chi connectivity index (χ0v) is 15.6. The van der Waals surface area contributed by atoms with Crippen molar-refractivity contribution in [3.05, 3.63) is 59.7 Å². The summed E-state index contributed by atoms with van der Waals surface area (Å²) in [5.74, 6) is 0.706. The molecule has 1 aliphatic rings. The van der Waals surface area contributed by atoms with Crippen LogP contribution in [0.15, 0.2) is 53.4 Å². The number of fused-ring (bicyclic) bond motifs is 1. The van der Waals surface area contributed by atoms with E-state index in [0.717, 1.165) is 24.0 Å². The lowest BCUT2D eigenvalue weighted by Crippen LogP contribution is -2.41. The Labute approximate surface area is 150 Å². The molecule has 2 aromatic carbocycles. The van der Waals surface area contributed by atoms with Crippen LogP contribution in [0.3, 0.4) is 0 Å². The van der Waals surface area contributed by atoms with Crippen molar-refractivity contribution in [1.82, 2.24) is 5.32 Å². The Morgan fingerprint density at radius 2 is 1.92 bits per heavy atom. The van der Waals surface area contributed by atoms with Crippen LogP contribution in [0.2, 0.25) is 0 Å². The number of ether oxygens (including phenoxy) is 1. The van der Waals surface area contributed by atoms with Crippen LogP contribution in [0, 0.1) is 0 Å². The van der Waals surface area contributed by atoms with Crippen molar-refractivity contribution in [1.29, 1.82) is 0 Å². The molecule has 0 saturated carbocycles. The molecule has 25 heavy (non-hydrogen) atoms. The van der Waals surface area contributed by atoms with Gasteiger partial charge in [-0.15, -0.1) is 0 Å². The van der Waals surface area contributed by atoms with E-state index < -0.39 is 14.6 Å². The molecule has 134 valence electrons. The van der Waals surface area contributed by atoms with Gasteiger partial charge in [0.2, 0.25) is 0 Å².